The van der Waals surface area contributed by atoms with E-state index in [0.29, 0.717) is 17.0 Å². The summed E-state index contributed by atoms with van der Waals surface area (Å²) >= 11 is 0. The van der Waals surface area contributed by atoms with Crippen LogP contribution in [0.4, 0.5) is 0 Å². The lowest BCUT2D eigenvalue weighted by molar-refractivity contribution is -0.141. The van der Waals surface area contributed by atoms with E-state index < -0.39 is 33.6 Å². The Morgan fingerprint density at radius 1 is 1.03 bits per heavy atom. The molecule has 2 aliphatic rings. The van der Waals surface area contributed by atoms with Gasteiger partial charge < -0.3 is 10.0 Å². The van der Waals surface area contributed by atoms with Crippen molar-refractivity contribution in [1.82, 2.24) is 4.90 Å². The van der Waals surface area contributed by atoms with Gasteiger partial charge in [-0.05, 0) is 30.4 Å². The van der Waals surface area contributed by atoms with Crippen molar-refractivity contribution in [3.05, 3.63) is 76.4 Å². The van der Waals surface area contributed by atoms with Crippen molar-refractivity contribution in [1.29, 1.82) is 0 Å². The number of carbonyl (C=O) groups is 2. The lowest BCUT2D eigenvalue weighted by Gasteiger charge is -2.30. The quantitative estimate of drug-likeness (QED) is 0.433. The summed E-state index contributed by atoms with van der Waals surface area (Å²) in [5, 5.41) is 11.1. The van der Waals surface area contributed by atoms with E-state index in [-0.39, 0.29) is 29.3 Å². The number of aliphatic hydroxyl groups is 1. The van der Waals surface area contributed by atoms with E-state index in [0.717, 1.165) is 11.1 Å². The highest BCUT2D eigenvalue weighted by molar-refractivity contribution is 7.91. The number of hydrogen-bond acceptors (Lipinski definition) is 5. The number of likely N-dealkylation sites (tertiary alicyclic amines) is 1. The topological polar surface area (TPSA) is 91.8 Å². The van der Waals surface area contributed by atoms with Crippen LogP contribution in [0.1, 0.15) is 54.5 Å². The first kappa shape index (κ1) is 22.3. The number of nitrogens with zero attached hydrogens (tertiary/aromatic N) is 1. The molecule has 2 fully saturated rings. The van der Waals surface area contributed by atoms with Crippen LogP contribution in [0, 0.1) is 6.92 Å². The fourth-order valence-corrected chi connectivity index (χ4v) is 6.19. The second kappa shape index (κ2) is 8.20. The molecule has 2 aromatic carbocycles. The number of hydrogen-bond donors (Lipinski definition) is 1. The molecule has 0 bridgehead atoms. The van der Waals surface area contributed by atoms with Gasteiger partial charge in [-0.3, -0.25) is 9.59 Å². The Balaban J connectivity index is 1.87. The third-order valence-electron chi connectivity index (χ3n) is 6.33. The molecule has 2 saturated heterocycles. The molecule has 2 aliphatic heterocycles. The molecule has 0 spiro atoms. The van der Waals surface area contributed by atoms with Gasteiger partial charge >= 0.3 is 0 Å². The highest BCUT2D eigenvalue weighted by Crippen LogP contribution is 2.42. The van der Waals surface area contributed by atoms with Gasteiger partial charge in [-0.25, -0.2) is 8.42 Å². The Morgan fingerprint density at radius 2 is 1.66 bits per heavy atom. The number of benzene rings is 2. The van der Waals surface area contributed by atoms with Gasteiger partial charge in [0.15, 0.2) is 9.84 Å². The van der Waals surface area contributed by atoms with E-state index in [1.165, 1.54) is 4.90 Å². The molecule has 0 radical (unpaired) electrons. The zero-order chi connectivity index (χ0) is 23.2. The predicted molar refractivity (Wildman–Crippen MR) is 123 cm³/mol. The Morgan fingerprint density at radius 3 is 2.19 bits per heavy atom. The molecule has 1 amide bonds. The minimum Gasteiger partial charge on any atom is -0.507 e. The van der Waals surface area contributed by atoms with Crippen LogP contribution < -0.4 is 0 Å². The number of ketones is 1. The van der Waals surface area contributed by atoms with Crippen molar-refractivity contribution in [3.63, 3.8) is 0 Å². The summed E-state index contributed by atoms with van der Waals surface area (Å²) in [4.78, 5) is 27.6. The number of Topliss-reactive ketones (excluding diaryl/α,β-unsaturated/α-hetero) is 1. The molecule has 1 N–H and O–H groups in total. The SMILES string of the molecule is Cc1ccc(C(O)=C2C(=O)C(=O)N([C@H]3CCS(=O)(=O)C3)[C@@H]2c2ccc(C(C)C)cc2)cc1. The molecule has 0 aliphatic carbocycles. The first-order chi connectivity index (χ1) is 15.1. The van der Waals surface area contributed by atoms with Gasteiger partial charge in [0.25, 0.3) is 11.7 Å². The maximum Gasteiger partial charge on any atom is 0.295 e. The molecule has 7 heteroatoms. The number of carbonyl (C=O) groups excluding carboxylic acids is 2. The average molecular weight is 454 g/mol. The Labute approximate surface area is 188 Å². The maximum atomic E-state index is 13.1. The Kier molecular flexibility index (Phi) is 5.71. The summed E-state index contributed by atoms with van der Waals surface area (Å²) in [5.41, 5.74) is 3.22. The zero-order valence-corrected chi connectivity index (χ0v) is 19.2. The van der Waals surface area contributed by atoms with E-state index in [1.54, 1.807) is 12.1 Å². The molecule has 168 valence electrons. The normalized spacial score (nSPS) is 24.4. The van der Waals surface area contributed by atoms with Gasteiger partial charge in [-0.1, -0.05) is 67.9 Å². The first-order valence-electron chi connectivity index (χ1n) is 10.8. The van der Waals surface area contributed by atoms with E-state index in [2.05, 4.69) is 13.8 Å². The summed E-state index contributed by atoms with van der Waals surface area (Å²) in [6, 6.07) is 13.2. The third-order valence-corrected chi connectivity index (χ3v) is 8.08. The van der Waals surface area contributed by atoms with Crippen LogP contribution in [0.2, 0.25) is 0 Å². The monoisotopic (exact) mass is 453 g/mol. The van der Waals surface area contributed by atoms with E-state index in [1.807, 2.05) is 43.3 Å². The molecule has 4 rings (SSSR count). The predicted octanol–water partition coefficient (Wildman–Crippen LogP) is 3.73. The van der Waals surface area contributed by atoms with Gasteiger partial charge in [0, 0.05) is 11.6 Å². The van der Waals surface area contributed by atoms with Crippen LogP contribution in [0.5, 0.6) is 0 Å². The number of aliphatic hydroxyl groups excluding tert-OH is 1. The highest BCUT2D eigenvalue weighted by atomic mass is 32.2. The molecular formula is C25H27NO5S. The fourth-order valence-electron chi connectivity index (χ4n) is 4.48. The molecule has 2 aromatic rings. The molecule has 2 atom stereocenters. The molecule has 0 unspecified atom stereocenters. The van der Waals surface area contributed by atoms with Crippen molar-refractivity contribution in [2.45, 2.75) is 45.2 Å². The van der Waals surface area contributed by atoms with Gasteiger partial charge in [0.2, 0.25) is 0 Å². The van der Waals surface area contributed by atoms with Crippen LogP contribution in [0.3, 0.4) is 0 Å². The third kappa shape index (κ3) is 3.97. The smallest absolute Gasteiger partial charge is 0.295 e. The summed E-state index contributed by atoms with van der Waals surface area (Å²) < 4.78 is 24.3. The van der Waals surface area contributed by atoms with Gasteiger partial charge in [0.1, 0.15) is 5.76 Å². The van der Waals surface area contributed by atoms with Crippen LogP contribution >= 0.6 is 0 Å². The molecule has 0 saturated carbocycles. The van der Waals surface area contributed by atoms with Crippen LogP contribution in [0.15, 0.2) is 54.1 Å². The first-order valence-corrected chi connectivity index (χ1v) is 12.6. The summed E-state index contributed by atoms with van der Waals surface area (Å²) in [6.45, 7) is 6.06. The summed E-state index contributed by atoms with van der Waals surface area (Å²) in [7, 11) is -3.28. The van der Waals surface area contributed by atoms with E-state index in [4.69, 9.17) is 0 Å². The van der Waals surface area contributed by atoms with Crippen molar-refractivity contribution >= 4 is 27.3 Å². The van der Waals surface area contributed by atoms with Crippen molar-refractivity contribution in [3.8, 4) is 0 Å². The van der Waals surface area contributed by atoms with Crippen LogP contribution in [-0.4, -0.2) is 47.7 Å². The number of sulfone groups is 1. The van der Waals surface area contributed by atoms with Gasteiger partial charge in [0.05, 0.1) is 23.1 Å². The lowest BCUT2D eigenvalue weighted by Crippen LogP contribution is -2.40. The standard InChI is InChI=1S/C25H27NO5S/c1-15(2)17-8-10-18(11-9-17)22-21(23(27)19-6-4-16(3)5-7-19)24(28)25(29)26(22)20-12-13-32(30,31)14-20/h4-11,15,20,22,27H,12-14H2,1-3H3/t20-,22+/m0/s1. The van der Waals surface area contributed by atoms with Crippen LogP contribution in [-0.2, 0) is 19.4 Å². The lowest BCUT2D eigenvalue weighted by atomic mass is 9.92. The fraction of sp³-hybridized carbons (Fsp3) is 0.360. The molecule has 32 heavy (non-hydrogen) atoms. The van der Waals surface area contributed by atoms with Crippen LogP contribution in [0.25, 0.3) is 5.76 Å². The van der Waals surface area contributed by atoms with Crippen molar-refractivity contribution in [2.24, 2.45) is 0 Å². The molecule has 2 heterocycles. The minimum atomic E-state index is -3.28. The number of aryl methyl sites for hydroxylation is 1. The van der Waals surface area contributed by atoms with Crippen molar-refractivity contribution in [2.75, 3.05) is 11.5 Å². The number of amides is 1. The molecule has 0 aromatic heterocycles. The van der Waals surface area contributed by atoms with Gasteiger partial charge in [-0.2, -0.15) is 0 Å². The van der Waals surface area contributed by atoms with E-state index >= 15 is 0 Å². The second-order valence-electron chi connectivity index (χ2n) is 8.95. The molecule has 6 nitrogen and oxygen atoms in total. The minimum absolute atomic E-state index is 0.000415. The summed E-state index contributed by atoms with van der Waals surface area (Å²) in [6.07, 6.45) is 0.278. The zero-order valence-electron chi connectivity index (χ0n) is 18.4. The molecular weight excluding hydrogens is 426 g/mol. The summed E-state index contributed by atoms with van der Waals surface area (Å²) in [5.74, 6) is -1.68. The largest absolute Gasteiger partial charge is 0.507 e. The number of rotatable bonds is 4. The van der Waals surface area contributed by atoms with Gasteiger partial charge in [-0.15, -0.1) is 0 Å². The van der Waals surface area contributed by atoms with Crippen molar-refractivity contribution < 1.29 is 23.1 Å². The Bertz CT molecular complexity index is 1190. The average Bonchev–Trinajstić information content (AvgIpc) is 3.24. The van der Waals surface area contributed by atoms with E-state index in [9.17, 15) is 23.1 Å². The highest BCUT2D eigenvalue weighted by Gasteiger charge is 2.50. The second-order valence-corrected chi connectivity index (χ2v) is 11.2. The Hall–Kier alpha value is -2.93. The maximum absolute atomic E-state index is 13.1.